The molecule has 1 heterocycles. The summed E-state index contributed by atoms with van der Waals surface area (Å²) in [5, 5.41) is 2.88. The number of pyridine rings is 1. The monoisotopic (exact) mass is 369 g/mol. The first kappa shape index (κ1) is 20.2. The molecule has 5 nitrogen and oxygen atoms in total. The Morgan fingerprint density at radius 2 is 1.88 bits per heavy atom. The van der Waals surface area contributed by atoms with Crippen LogP contribution in [0.15, 0.2) is 48.7 Å². The second kappa shape index (κ2) is 9.47. The van der Waals surface area contributed by atoms with Gasteiger partial charge in [-0.1, -0.05) is 18.2 Å². The average Bonchev–Trinajstić information content (AvgIpc) is 2.97. The molecule has 1 fully saturated rings. The van der Waals surface area contributed by atoms with Crippen molar-refractivity contribution in [2.24, 2.45) is 11.7 Å². The van der Waals surface area contributed by atoms with Gasteiger partial charge in [-0.15, -0.1) is 24.8 Å². The van der Waals surface area contributed by atoms with Crippen LogP contribution in [0, 0.1) is 5.92 Å². The number of nitrogens with one attached hydrogen (secondary N) is 1. The Bertz CT molecular complexity index is 638. The lowest BCUT2D eigenvalue weighted by Crippen LogP contribution is -2.23. The summed E-state index contributed by atoms with van der Waals surface area (Å²) in [5.41, 5.74) is 6.51. The number of ether oxygens (including phenoxy) is 1. The number of halogens is 2. The molecule has 0 spiro atoms. The van der Waals surface area contributed by atoms with Gasteiger partial charge in [-0.25, -0.2) is 4.98 Å². The van der Waals surface area contributed by atoms with Crippen LogP contribution >= 0.6 is 24.8 Å². The molecule has 2 unspecified atom stereocenters. The average molecular weight is 370 g/mol. The van der Waals surface area contributed by atoms with Crippen molar-refractivity contribution >= 4 is 36.4 Å². The fraction of sp³-hybridized carbons (Fsp3) is 0.294. The zero-order chi connectivity index (χ0) is 15.4. The van der Waals surface area contributed by atoms with Crippen LogP contribution < -0.4 is 15.8 Å². The van der Waals surface area contributed by atoms with Crippen LogP contribution in [0.3, 0.4) is 0 Å². The number of nitrogens with zero attached hydrogens (tertiary/aromatic N) is 1. The number of amides is 1. The topological polar surface area (TPSA) is 77.2 Å². The highest BCUT2D eigenvalue weighted by Crippen LogP contribution is 2.26. The van der Waals surface area contributed by atoms with E-state index in [1.54, 1.807) is 18.3 Å². The van der Waals surface area contributed by atoms with Crippen molar-refractivity contribution in [3.05, 3.63) is 48.7 Å². The number of para-hydroxylation sites is 1. The Morgan fingerprint density at radius 3 is 2.46 bits per heavy atom. The Balaban J connectivity index is 0.00000144. The number of nitrogens with two attached hydrogens (primary N) is 1. The summed E-state index contributed by atoms with van der Waals surface area (Å²) in [7, 11) is 0. The number of rotatable bonds is 4. The molecule has 3 rings (SSSR count). The third kappa shape index (κ3) is 5.37. The normalized spacial score (nSPS) is 18.9. The molecule has 1 aromatic heterocycles. The summed E-state index contributed by atoms with van der Waals surface area (Å²) < 4.78 is 5.61. The third-order valence-electron chi connectivity index (χ3n) is 3.81. The van der Waals surface area contributed by atoms with Crippen molar-refractivity contribution in [1.82, 2.24) is 4.98 Å². The molecule has 0 aliphatic heterocycles. The van der Waals surface area contributed by atoms with Crippen molar-refractivity contribution in [2.75, 3.05) is 5.32 Å². The molecular weight excluding hydrogens is 349 g/mol. The standard InChI is InChI=1S/C17H19N3O2.2ClH/c18-13-7-6-12(10-13)17(21)20-14-8-9-16(19-11-14)22-15-4-2-1-3-5-15;;/h1-5,8-9,11-13H,6-7,10,18H2,(H,20,21);2*1H. The number of anilines is 1. The molecular formula is C17H21Cl2N3O2. The minimum absolute atomic E-state index is 0. The maximum Gasteiger partial charge on any atom is 0.227 e. The van der Waals surface area contributed by atoms with Gasteiger partial charge in [-0.2, -0.15) is 0 Å². The van der Waals surface area contributed by atoms with Crippen molar-refractivity contribution in [3.63, 3.8) is 0 Å². The molecule has 1 aromatic carbocycles. The van der Waals surface area contributed by atoms with Gasteiger partial charge in [-0.05, 0) is 37.5 Å². The predicted molar refractivity (Wildman–Crippen MR) is 99.2 cm³/mol. The number of hydrogen-bond acceptors (Lipinski definition) is 4. The number of benzene rings is 1. The summed E-state index contributed by atoms with van der Waals surface area (Å²) in [5.74, 6) is 1.25. The molecule has 1 saturated carbocycles. The number of hydrogen-bond donors (Lipinski definition) is 2. The summed E-state index contributed by atoms with van der Waals surface area (Å²) in [6.45, 7) is 0. The van der Waals surface area contributed by atoms with Crippen LogP contribution in [0.1, 0.15) is 19.3 Å². The van der Waals surface area contributed by atoms with Crippen LogP contribution in [-0.4, -0.2) is 16.9 Å². The van der Waals surface area contributed by atoms with Crippen molar-refractivity contribution in [3.8, 4) is 11.6 Å². The van der Waals surface area contributed by atoms with E-state index in [2.05, 4.69) is 10.3 Å². The molecule has 0 bridgehead atoms. The maximum absolute atomic E-state index is 12.1. The highest BCUT2D eigenvalue weighted by Gasteiger charge is 2.27. The fourth-order valence-electron chi connectivity index (χ4n) is 2.62. The van der Waals surface area contributed by atoms with Gasteiger partial charge >= 0.3 is 0 Å². The first-order chi connectivity index (χ1) is 10.7. The Hall–Kier alpha value is -1.82. The van der Waals surface area contributed by atoms with E-state index in [4.69, 9.17) is 10.5 Å². The lowest BCUT2D eigenvalue weighted by Gasteiger charge is -2.11. The minimum atomic E-state index is 0. The Labute approximate surface area is 153 Å². The van der Waals surface area contributed by atoms with Crippen molar-refractivity contribution < 1.29 is 9.53 Å². The number of aromatic nitrogens is 1. The summed E-state index contributed by atoms with van der Waals surface area (Å²) >= 11 is 0. The number of carbonyl (C=O) groups is 1. The molecule has 1 aliphatic rings. The van der Waals surface area contributed by atoms with Gasteiger partial charge in [0, 0.05) is 18.0 Å². The van der Waals surface area contributed by atoms with E-state index in [9.17, 15) is 4.79 Å². The predicted octanol–water partition coefficient (Wildman–Crippen LogP) is 3.78. The van der Waals surface area contributed by atoms with Gasteiger partial charge in [0.15, 0.2) is 0 Å². The van der Waals surface area contributed by atoms with E-state index in [1.807, 2.05) is 30.3 Å². The fourth-order valence-corrected chi connectivity index (χ4v) is 2.62. The zero-order valence-electron chi connectivity index (χ0n) is 13.1. The van der Waals surface area contributed by atoms with Crippen LogP contribution in [0.4, 0.5) is 5.69 Å². The second-order valence-corrected chi connectivity index (χ2v) is 5.56. The largest absolute Gasteiger partial charge is 0.439 e. The maximum atomic E-state index is 12.1. The smallest absolute Gasteiger partial charge is 0.227 e. The molecule has 24 heavy (non-hydrogen) atoms. The molecule has 2 aromatic rings. The SMILES string of the molecule is Cl.Cl.NC1CCC(C(=O)Nc2ccc(Oc3ccccc3)nc2)C1. The van der Waals surface area contributed by atoms with E-state index in [-0.39, 0.29) is 42.7 Å². The Morgan fingerprint density at radius 1 is 1.12 bits per heavy atom. The van der Waals surface area contributed by atoms with E-state index in [1.165, 1.54) is 0 Å². The van der Waals surface area contributed by atoms with Gasteiger partial charge < -0.3 is 15.8 Å². The number of carbonyl (C=O) groups excluding carboxylic acids is 1. The molecule has 1 amide bonds. The summed E-state index contributed by atoms with van der Waals surface area (Å²) in [6, 6.07) is 13.1. The molecule has 3 N–H and O–H groups in total. The zero-order valence-corrected chi connectivity index (χ0v) is 14.7. The van der Waals surface area contributed by atoms with Gasteiger partial charge in [0.25, 0.3) is 0 Å². The molecule has 0 radical (unpaired) electrons. The lowest BCUT2D eigenvalue weighted by molar-refractivity contribution is -0.119. The first-order valence-corrected chi connectivity index (χ1v) is 7.46. The van der Waals surface area contributed by atoms with Crippen LogP contribution in [0.5, 0.6) is 11.6 Å². The van der Waals surface area contributed by atoms with Gasteiger partial charge in [-0.3, -0.25) is 4.79 Å². The first-order valence-electron chi connectivity index (χ1n) is 7.46. The van der Waals surface area contributed by atoms with E-state index in [0.29, 0.717) is 11.6 Å². The molecule has 1 aliphatic carbocycles. The van der Waals surface area contributed by atoms with Crippen LogP contribution in [0.2, 0.25) is 0 Å². The van der Waals surface area contributed by atoms with Crippen LogP contribution in [-0.2, 0) is 4.79 Å². The molecule has 130 valence electrons. The van der Waals surface area contributed by atoms with Crippen LogP contribution in [0.25, 0.3) is 0 Å². The minimum Gasteiger partial charge on any atom is -0.439 e. The van der Waals surface area contributed by atoms with Gasteiger partial charge in [0.05, 0.1) is 11.9 Å². The van der Waals surface area contributed by atoms with Crippen molar-refractivity contribution in [2.45, 2.75) is 25.3 Å². The quantitative estimate of drug-likeness (QED) is 0.859. The lowest BCUT2D eigenvalue weighted by atomic mass is 10.1. The molecule has 0 saturated heterocycles. The van der Waals surface area contributed by atoms with E-state index < -0.39 is 0 Å². The molecule has 7 heteroatoms. The summed E-state index contributed by atoms with van der Waals surface area (Å²) in [6.07, 6.45) is 4.13. The third-order valence-corrected chi connectivity index (χ3v) is 3.81. The second-order valence-electron chi connectivity index (χ2n) is 5.56. The van der Waals surface area contributed by atoms with Gasteiger partial charge in [0.2, 0.25) is 11.8 Å². The van der Waals surface area contributed by atoms with Gasteiger partial charge in [0.1, 0.15) is 5.75 Å². The van der Waals surface area contributed by atoms with E-state index >= 15 is 0 Å². The molecule has 2 atom stereocenters. The highest BCUT2D eigenvalue weighted by molar-refractivity contribution is 5.92. The Kier molecular flexibility index (Phi) is 7.98. The highest BCUT2D eigenvalue weighted by atomic mass is 35.5. The summed E-state index contributed by atoms with van der Waals surface area (Å²) in [4.78, 5) is 16.3. The van der Waals surface area contributed by atoms with Crippen molar-refractivity contribution in [1.29, 1.82) is 0 Å². The van der Waals surface area contributed by atoms with E-state index in [0.717, 1.165) is 25.0 Å².